The van der Waals surface area contributed by atoms with E-state index in [0.717, 1.165) is 0 Å². The molecule has 2 rings (SSSR count). The summed E-state index contributed by atoms with van der Waals surface area (Å²) in [5.41, 5.74) is -0.117. The predicted octanol–water partition coefficient (Wildman–Crippen LogP) is 1.19. The van der Waals surface area contributed by atoms with Crippen LogP contribution in [-0.2, 0) is 10.2 Å². The number of rotatable bonds is 3. The van der Waals surface area contributed by atoms with E-state index in [1.807, 2.05) is 0 Å². The molecule has 0 aliphatic heterocycles. The van der Waals surface area contributed by atoms with Crippen LogP contribution in [0.5, 0.6) is 11.5 Å². The molecule has 0 heterocycles. The molecule has 0 amide bonds. The molecule has 4 nitrogen and oxygen atoms in total. The van der Waals surface area contributed by atoms with Gasteiger partial charge in [0.15, 0.2) is 0 Å². The van der Waals surface area contributed by atoms with E-state index in [9.17, 15) is 20.1 Å². The summed E-state index contributed by atoms with van der Waals surface area (Å²) < 4.78 is 0. The first-order chi connectivity index (χ1) is 8.94. The Kier molecular flexibility index (Phi) is 8.03. The van der Waals surface area contributed by atoms with Gasteiger partial charge in [-0.2, -0.15) is 0 Å². The van der Waals surface area contributed by atoms with Gasteiger partial charge in [0.05, 0.1) is 0 Å². The van der Waals surface area contributed by atoms with Crippen LogP contribution in [0.25, 0.3) is 0 Å². The normalized spacial score (nSPS) is 10.1. The summed E-state index contributed by atoms with van der Waals surface area (Å²) in [6.45, 7) is 1.59. The second kappa shape index (κ2) is 8.22. The number of benzene rings is 2. The van der Waals surface area contributed by atoms with Crippen LogP contribution in [0.15, 0.2) is 48.5 Å². The summed E-state index contributed by atoms with van der Waals surface area (Å²) in [7, 11) is 0. The number of carboxylic acids is 1. The van der Waals surface area contributed by atoms with Gasteiger partial charge < -0.3 is 15.3 Å². The maximum absolute atomic E-state index is 11.7. The van der Waals surface area contributed by atoms with E-state index in [2.05, 4.69) is 0 Å². The molecule has 0 unspecified atom stereocenters. The summed E-state index contributed by atoms with van der Waals surface area (Å²) in [6, 6.07) is 12.1. The van der Waals surface area contributed by atoms with Crippen LogP contribution in [0.4, 0.5) is 0 Å². The molecule has 0 fully saturated rings. The molecular formula is C15H16Na2O4. The van der Waals surface area contributed by atoms with Crippen molar-refractivity contribution < 1.29 is 20.1 Å². The standard InChI is InChI=1S/C15H14O4.2Na.2H/c1-15(14(18)19,10-2-6-12(16)7-3-10)11-4-8-13(17)9-5-11;;;;/h2-9,16-17H,1H3,(H,18,19);;;;. The number of hydrogen-bond donors (Lipinski definition) is 3. The monoisotopic (exact) mass is 306 g/mol. The van der Waals surface area contributed by atoms with Gasteiger partial charge >= 0.3 is 65.1 Å². The average molecular weight is 306 g/mol. The molecule has 2 aromatic carbocycles. The van der Waals surface area contributed by atoms with Gasteiger partial charge in [0.1, 0.15) is 16.9 Å². The SMILES string of the molecule is CC(C(=O)O)(c1ccc(O)cc1)c1ccc(O)cc1.[NaH].[NaH]. The molecule has 0 saturated carbocycles. The van der Waals surface area contributed by atoms with Crippen molar-refractivity contribution in [3.8, 4) is 11.5 Å². The van der Waals surface area contributed by atoms with Crippen LogP contribution < -0.4 is 0 Å². The van der Waals surface area contributed by atoms with Crippen LogP contribution in [0.3, 0.4) is 0 Å². The molecule has 0 saturated heterocycles. The molecule has 0 bridgehead atoms. The van der Waals surface area contributed by atoms with E-state index in [1.54, 1.807) is 31.2 Å². The van der Waals surface area contributed by atoms with Crippen molar-refractivity contribution in [1.82, 2.24) is 0 Å². The molecule has 0 aliphatic carbocycles. The summed E-state index contributed by atoms with van der Waals surface area (Å²) in [4.78, 5) is 11.7. The summed E-state index contributed by atoms with van der Waals surface area (Å²) >= 11 is 0. The number of aliphatic carboxylic acids is 1. The van der Waals surface area contributed by atoms with E-state index in [1.165, 1.54) is 24.3 Å². The van der Waals surface area contributed by atoms with E-state index in [-0.39, 0.29) is 70.6 Å². The molecule has 0 atom stereocenters. The van der Waals surface area contributed by atoms with Crippen molar-refractivity contribution >= 4 is 65.1 Å². The van der Waals surface area contributed by atoms with Crippen LogP contribution >= 0.6 is 0 Å². The second-order valence-corrected chi connectivity index (χ2v) is 4.52. The summed E-state index contributed by atoms with van der Waals surface area (Å²) in [5.74, 6) is -0.826. The summed E-state index contributed by atoms with van der Waals surface area (Å²) in [5, 5.41) is 28.1. The fourth-order valence-corrected chi connectivity index (χ4v) is 2.00. The van der Waals surface area contributed by atoms with E-state index in [4.69, 9.17) is 0 Å². The minimum atomic E-state index is -1.23. The fraction of sp³-hybridized carbons (Fsp3) is 0.133. The molecule has 6 heteroatoms. The van der Waals surface area contributed by atoms with Crippen molar-refractivity contribution in [3.63, 3.8) is 0 Å². The van der Waals surface area contributed by atoms with Crippen molar-refractivity contribution in [3.05, 3.63) is 59.7 Å². The Labute approximate surface area is 167 Å². The van der Waals surface area contributed by atoms with Crippen LogP contribution in [0.2, 0.25) is 0 Å². The molecule has 102 valence electrons. The third kappa shape index (κ3) is 4.25. The van der Waals surface area contributed by atoms with Crippen molar-refractivity contribution in [2.24, 2.45) is 0 Å². The molecular weight excluding hydrogens is 290 g/mol. The van der Waals surface area contributed by atoms with Gasteiger partial charge in [-0.1, -0.05) is 24.3 Å². The first-order valence-corrected chi connectivity index (χ1v) is 5.77. The summed E-state index contributed by atoms with van der Waals surface area (Å²) in [6.07, 6.45) is 0. The van der Waals surface area contributed by atoms with Crippen molar-refractivity contribution in [2.45, 2.75) is 12.3 Å². The molecule has 0 radical (unpaired) electrons. The number of phenols is 2. The minimum absolute atomic E-state index is 0. The number of carboxylic acid groups (broad SMARTS) is 1. The van der Waals surface area contributed by atoms with E-state index in [0.29, 0.717) is 11.1 Å². The van der Waals surface area contributed by atoms with Crippen molar-refractivity contribution in [2.75, 3.05) is 0 Å². The molecule has 3 N–H and O–H groups in total. The van der Waals surface area contributed by atoms with Gasteiger partial charge in [0, 0.05) is 0 Å². The Morgan fingerprint density at radius 3 is 1.33 bits per heavy atom. The first-order valence-electron chi connectivity index (χ1n) is 5.77. The zero-order chi connectivity index (χ0) is 14.0. The quantitative estimate of drug-likeness (QED) is 0.745. The van der Waals surface area contributed by atoms with Crippen LogP contribution in [0.1, 0.15) is 18.1 Å². The Balaban J connectivity index is 0.00000200. The second-order valence-electron chi connectivity index (χ2n) is 4.52. The predicted molar refractivity (Wildman–Crippen MR) is 84.6 cm³/mol. The van der Waals surface area contributed by atoms with Gasteiger partial charge in [-0.3, -0.25) is 4.79 Å². The first kappa shape index (κ1) is 20.5. The molecule has 0 spiro atoms. The van der Waals surface area contributed by atoms with E-state index < -0.39 is 11.4 Å². The molecule has 0 aliphatic rings. The van der Waals surface area contributed by atoms with E-state index >= 15 is 0 Å². The molecule has 2 aromatic rings. The van der Waals surface area contributed by atoms with Gasteiger partial charge in [-0.15, -0.1) is 0 Å². The fourth-order valence-electron chi connectivity index (χ4n) is 2.00. The van der Waals surface area contributed by atoms with Gasteiger partial charge in [-0.25, -0.2) is 0 Å². The van der Waals surface area contributed by atoms with Gasteiger partial charge in [-0.05, 0) is 42.3 Å². The maximum atomic E-state index is 11.7. The van der Waals surface area contributed by atoms with Crippen LogP contribution in [0, 0.1) is 0 Å². The number of aromatic hydroxyl groups is 2. The zero-order valence-corrected chi connectivity index (χ0v) is 10.4. The van der Waals surface area contributed by atoms with Crippen LogP contribution in [-0.4, -0.2) is 80.4 Å². The topological polar surface area (TPSA) is 77.8 Å². The number of phenolic OH excluding ortho intramolecular Hbond substituents is 2. The Morgan fingerprint density at radius 1 is 0.810 bits per heavy atom. The zero-order valence-electron chi connectivity index (χ0n) is 10.4. The number of carbonyl (C=O) groups is 1. The average Bonchev–Trinajstić information content (AvgIpc) is 2.39. The Hall–Kier alpha value is -0.490. The third-order valence-corrected chi connectivity index (χ3v) is 3.32. The number of hydrogen-bond acceptors (Lipinski definition) is 3. The van der Waals surface area contributed by atoms with Gasteiger partial charge in [0.2, 0.25) is 0 Å². The molecule has 0 aromatic heterocycles. The Bertz CT molecular complexity index is 549. The van der Waals surface area contributed by atoms with Crippen molar-refractivity contribution in [1.29, 1.82) is 0 Å². The van der Waals surface area contributed by atoms with Gasteiger partial charge in [0.25, 0.3) is 0 Å². The Morgan fingerprint density at radius 2 is 1.10 bits per heavy atom. The third-order valence-electron chi connectivity index (χ3n) is 3.32. The molecule has 21 heavy (non-hydrogen) atoms.